The van der Waals surface area contributed by atoms with Crippen LogP contribution in [-0.2, 0) is 17.8 Å². The summed E-state index contributed by atoms with van der Waals surface area (Å²) in [5.41, 5.74) is 2.90. The van der Waals surface area contributed by atoms with Gasteiger partial charge in [0.05, 0.1) is 11.3 Å². The van der Waals surface area contributed by atoms with E-state index in [0.717, 1.165) is 18.7 Å². The molecule has 0 radical (unpaired) electrons. The number of hydrogen-bond acceptors (Lipinski definition) is 5. The molecular weight excluding hydrogens is 354 g/mol. The lowest BCUT2D eigenvalue weighted by Crippen LogP contribution is -2.31. The van der Waals surface area contributed by atoms with Gasteiger partial charge in [0, 0.05) is 18.8 Å². The first-order valence-corrected chi connectivity index (χ1v) is 10.0. The molecule has 0 bridgehead atoms. The average Bonchev–Trinajstić information content (AvgIpc) is 3.26. The minimum atomic E-state index is -0.0241. The number of carbonyl (C=O) groups excluding carboxylic acids is 1. The van der Waals surface area contributed by atoms with Gasteiger partial charge in [0.2, 0.25) is 5.91 Å². The lowest BCUT2D eigenvalue weighted by Gasteiger charge is -2.17. The number of thiophene rings is 1. The Balaban J connectivity index is 1.57. The largest absolute Gasteiger partial charge is 0.311 e. The van der Waals surface area contributed by atoms with Gasteiger partial charge in [-0.1, -0.05) is 30.0 Å². The fourth-order valence-electron chi connectivity index (χ4n) is 3.11. The number of hydrogen-bond donors (Lipinski definition) is 0. The summed E-state index contributed by atoms with van der Waals surface area (Å²) in [6.07, 6.45) is 0.894. The van der Waals surface area contributed by atoms with E-state index in [1.54, 1.807) is 4.57 Å². The number of anilines is 1. The maximum absolute atomic E-state index is 12.7. The highest BCUT2D eigenvalue weighted by atomic mass is 32.2. The highest BCUT2D eigenvalue weighted by Crippen LogP contribution is 2.29. The Morgan fingerprint density at radius 3 is 3.00 bits per heavy atom. The quantitative estimate of drug-likeness (QED) is 0.522. The molecule has 25 heavy (non-hydrogen) atoms. The summed E-state index contributed by atoms with van der Waals surface area (Å²) in [5.74, 6) is 0.327. The fourth-order valence-corrected chi connectivity index (χ4v) is 4.83. The molecule has 0 saturated carbocycles. The van der Waals surface area contributed by atoms with Crippen LogP contribution >= 0.6 is 23.1 Å². The van der Waals surface area contributed by atoms with Crippen molar-refractivity contribution in [3.63, 3.8) is 0 Å². The lowest BCUT2D eigenvalue weighted by atomic mass is 10.2. The molecular formula is C18H17N3O2S2. The Hall–Kier alpha value is -2.12. The molecule has 128 valence electrons. The molecule has 0 saturated heterocycles. The smallest absolute Gasteiger partial charge is 0.272 e. The van der Waals surface area contributed by atoms with Crippen molar-refractivity contribution in [2.45, 2.75) is 25.0 Å². The molecule has 0 aliphatic carbocycles. The van der Waals surface area contributed by atoms with Crippen molar-refractivity contribution in [1.82, 2.24) is 9.55 Å². The third-order valence-electron chi connectivity index (χ3n) is 4.36. The van der Waals surface area contributed by atoms with Gasteiger partial charge in [-0.2, -0.15) is 0 Å². The topological polar surface area (TPSA) is 55.2 Å². The molecule has 5 nitrogen and oxygen atoms in total. The summed E-state index contributed by atoms with van der Waals surface area (Å²) in [7, 11) is 0. The molecule has 7 heteroatoms. The molecule has 1 aliphatic rings. The van der Waals surface area contributed by atoms with Gasteiger partial charge in [0.25, 0.3) is 5.56 Å². The molecule has 1 aromatic carbocycles. The fraction of sp³-hybridized carbons (Fsp3) is 0.278. The molecule has 1 aliphatic heterocycles. The number of benzene rings is 1. The Morgan fingerprint density at radius 2 is 2.16 bits per heavy atom. The lowest BCUT2D eigenvalue weighted by molar-refractivity contribution is -0.116. The van der Waals surface area contributed by atoms with E-state index in [1.807, 2.05) is 41.5 Å². The van der Waals surface area contributed by atoms with Crippen molar-refractivity contribution in [3.05, 3.63) is 51.6 Å². The highest BCUT2D eigenvalue weighted by Gasteiger charge is 2.24. The standard InChI is InChI=1S/C18H17N3O2S2/c1-2-20-17(23)16-13(8-10-24-16)19-18(20)25-11-15(22)21-9-7-12-5-3-4-6-14(12)21/h3-6,8,10H,2,7,9,11H2,1H3. The van der Waals surface area contributed by atoms with Crippen LogP contribution in [0.15, 0.2) is 45.7 Å². The number of aromatic nitrogens is 2. The number of nitrogens with zero attached hydrogens (tertiary/aromatic N) is 3. The first-order chi connectivity index (χ1) is 12.2. The molecule has 0 fully saturated rings. The number of carbonyl (C=O) groups is 1. The molecule has 4 rings (SSSR count). The van der Waals surface area contributed by atoms with Crippen LogP contribution in [0.3, 0.4) is 0 Å². The van der Waals surface area contributed by atoms with Gasteiger partial charge in [-0.3, -0.25) is 14.2 Å². The van der Waals surface area contributed by atoms with Gasteiger partial charge in [-0.25, -0.2) is 4.98 Å². The average molecular weight is 371 g/mol. The van der Waals surface area contributed by atoms with E-state index in [9.17, 15) is 9.59 Å². The third kappa shape index (κ3) is 2.87. The zero-order valence-corrected chi connectivity index (χ0v) is 15.4. The number of rotatable bonds is 4. The second-order valence-corrected chi connectivity index (χ2v) is 7.65. The zero-order chi connectivity index (χ0) is 17.4. The van der Waals surface area contributed by atoms with Gasteiger partial charge in [0.1, 0.15) is 4.70 Å². The monoisotopic (exact) mass is 371 g/mol. The summed E-state index contributed by atoms with van der Waals surface area (Å²) >= 11 is 2.75. The summed E-state index contributed by atoms with van der Waals surface area (Å²) in [6, 6.07) is 9.86. The number of amides is 1. The minimum Gasteiger partial charge on any atom is -0.311 e. The highest BCUT2D eigenvalue weighted by molar-refractivity contribution is 7.99. The van der Waals surface area contributed by atoms with E-state index in [2.05, 4.69) is 11.1 Å². The Kier molecular flexibility index (Phi) is 4.35. The molecule has 0 atom stereocenters. The predicted molar refractivity (Wildman–Crippen MR) is 103 cm³/mol. The molecule has 0 unspecified atom stereocenters. The number of fused-ring (bicyclic) bond motifs is 2. The zero-order valence-electron chi connectivity index (χ0n) is 13.8. The Labute approximate surface area is 153 Å². The van der Waals surface area contributed by atoms with Crippen molar-refractivity contribution in [2.75, 3.05) is 17.2 Å². The normalized spacial score (nSPS) is 13.4. The van der Waals surface area contributed by atoms with Crippen molar-refractivity contribution in [2.24, 2.45) is 0 Å². The summed E-state index contributed by atoms with van der Waals surface area (Å²) in [4.78, 5) is 31.6. The van der Waals surface area contributed by atoms with Crippen LogP contribution < -0.4 is 10.5 Å². The van der Waals surface area contributed by atoms with E-state index in [1.165, 1.54) is 28.7 Å². The molecule has 2 aromatic heterocycles. The maximum Gasteiger partial charge on any atom is 0.272 e. The van der Waals surface area contributed by atoms with Crippen LogP contribution in [0.2, 0.25) is 0 Å². The third-order valence-corrected chi connectivity index (χ3v) is 6.21. The molecule has 3 aromatic rings. The van der Waals surface area contributed by atoms with Gasteiger partial charge in [-0.05, 0) is 36.4 Å². The van der Waals surface area contributed by atoms with E-state index in [4.69, 9.17) is 0 Å². The van der Waals surface area contributed by atoms with E-state index in [0.29, 0.717) is 21.9 Å². The van der Waals surface area contributed by atoms with Gasteiger partial charge >= 0.3 is 0 Å². The van der Waals surface area contributed by atoms with Crippen LogP contribution in [0.25, 0.3) is 10.2 Å². The molecule has 0 spiro atoms. The van der Waals surface area contributed by atoms with Crippen LogP contribution in [-0.4, -0.2) is 27.8 Å². The second-order valence-electron chi connectivity index (χ2n) is 5.79. The van der Waals surface area contributed by atoms with Crippen LogP contribution in [0.1, 0.15) is 12.5 Å². The Bertz CT molecular complexity index is 1010. The summed E-state index contributed by atoms with van der Waals surface area (Å²) < 4.78 is 2.32. The summed E-state index contributed by atoms with van der Waals surface area (Å²) in [6.45, 7) is 3.18. The van der Waals surface area contributed by atoms with E-state index >= 15 is 0 Å². The molecule has 0 N–H and O–H groups in total. The van der Waals surface area contributed by atoms with Gasteiger partial charge in [-0.15, -0.1) is 11.3 Å². The minimum absolute atomic E-state index is 0.0241. The van der Waals surface area contributed by atoms with Crippen LogP contribution in [0, 0.1) is 0 Å². The van der Waals surface area contributed by atoms with Crippen molar-refractivity contribution >= 4 is 44.9 Å². The van der Waals surface area contributed by atoms with Gasteiger partial charge < -0.3 is 4.90 Å². The van der Waals surface area contributed by atoms with Crippen LogP contribution in [0.4, 0.5) is 5.69 Å². The van der Waals surface area contributed by atoms with Crippen LogP contribution in [0.5, 0.6) is 0 Å². The Morgan fingerprint density at radius 1 is 1.32 bits per heavy atom. The number of para-hydroxylation sites is 1. The van der Waals surface area contributed by atoms with Crippen molar-refractivity contribution in [3.8, 4) is 0 Å². The second kappa shape index (κ2) is 6.65. The molecule has 1 amide bonds. The number of thioether (sulfide) groups is 1. The van der Waals surface area contributed by atoms with E-state index in [-0.39, 0.29) is 17.2 Å². The SMILES string of the molecule is CCn1c(SCC(=O)N2CCc3ccccc32)nc2ccsc2c1=O. The molecule has 3 heterocycles. The van der Waals surface area contributed by atoms with Crippen molar-refractivity contribution < 1.29 is 4.79 Å². The first-order valence-electron chi connectivity index (χ1n) is 8.18. The summed E-state index contributed by atoms with van der Waals surface area (Å²) in [5, 5.41) is 2.49. The first kappa shape index (κ1) is 16.4. The van der Waals surface area contributed by atoms with Gasteiger partial charge in [0.15, 0.2) is 5.16 Å². The predicted octanol–water partition coefficient (Wildman–Crippen LogP) is 3.16. The van der Waals surface area contributed by atoms with E-state index < -0.39 is 0 Å². The maximum atomic E-state index is 12.7. The van der Waals surface area contributed by atoms with Crippen molar-refractivity contribution in [1.29, 1.82) is 0 Å².